The SMILES string of the molecule is Cc1ccc(S(=O)(=O)[NH+]=C(N)Nc2nc(C)c3cc(C)ccc3n2)cc1. The van der Waals surface area contributed by atoms with E-state index < -0.39 is 10.0 Å². The van der Waals surface area contributed by atoms with Gasteiger partial charge in [0.1, 0.15) is 4.90 Å². The Morgan fingerprint density at radius 1 is 1.00 bits per heavy atom. The predicted octanol–water partition coefficient (Wildman–Crippen LogP) is 0.751. The summed E-state index contributed by atoms with van der Waals surface area (Å²) in [7, 11) is -3.78. The molecule has 1 aromatic heterocycles. The molecule has 0 amide bonds. The number of nitrogens with two attached hydrogens (primary N) is 1. The van der Waals surface area contributed by atoms with Crippen LogP contribution in [0.15, 0.2) is 47.4 Å². The lowest BCUT2D eigenvalue weighted by Crippen LogP contribution is -2.80. The number of benzene rings is 2. The van der Waals surface area contributed by atoms with Crippen molar-refractivity contribution >= 4 is 32.8 Å². The first kappa shape index (κ1) is 17.8. The summed E-state index contributed by atoms with van der Waals surface area (Å²) in [6.45, 7) is 5.74. The smallest absolute Gasteiger partial charge is 0.290 e. The normalized spacial score (nSPS) is 12.3. The van der Waals surface area contributed by atoms with Crippen LogP contribution in [0, 0.1) is 20.8 Å². The van der Waals surface area contributed by atoms with Crippen LogP contribution < -0.4 is 15.4 Å². The molecule has 3 aromatic rings. The Morgan fingerprint density at radius 2 is 1.65 bits per heavy atom. The van der Waals surface area contributed by atoms with Crippen LogP contribution in [0.1, 0.15) is 16.8 Å². The number of guanidine groups is 1. The minimum absolute atomic E-state index is 0.124. The zero-order chi connectivity index (χ0) is 18.9. The number of nitrogens with zero attached hydrogens (tertiary/aromatic N) is 2. The van der Waals surface area contributed by atoms with Gasteiger partial charge in [-0.2, -0.15) is 17.8 Å². The van der Waals surface area contributed by atoms with Crippen LogP contribution in [0.3, 0.4) is 0 Å². The number of aromatic nitrogens is 2. The maximum atomic E-state index is 12.4. The molecule has 0 fully saturated rings. The number of fused-ring (bicyclic) bond motifs is 1. The van der Waals surface area contributed by atoms with Gasteiger partial charge in [-0.3, -0.25) is 5.73 Å². The van der Waals surface area contributed by atoms with E-state index in [0.717, 1.165) is 27.7 Å². The molecule has 26 heavy (non-hydrogen) atoms. The van der Waals surface area contributed by atoms with Gasteiger partial charge in [0, 0.05) is 5.39 Å². The Kier molecular flexibility index (Phi) is 4.60. The quantitative estimate of drug-likeness (QED) is 0.463. The lowest BCUT2D eigenvalue weighted by molar-refractivity contribution is -0.268. The Morgan fingerprint density at radius 3 is 2.35 bits per heavy atom. The van der Waals surface area contributed by atoms with Crippen LogP contribution in [0.25, 0.3) is 10.9 Å². The number of anilines is 1. The maximum absolute atomic E-state index is 12.4. The maximum Gasteiger partial charge on any atom is 0.363 e. The Labute approximate surface area is 152 Å². The summed E-state index contributed by atoms with van der Waals surface area (Å²) in [4.78, 5) is 8.84. The van der Waals surface area contributed by atoms with Crippen LogP contribution >= 0.6 is 0 Å². The van der Waals surface area contributed by atoms with Gasteiger partial charge in [-0.05, 0) is 45.0 Å². The minimum Gasteiger partial charge on any atom is -0.290 e. The highest BCUT2D eigenvalue weighted by Gasteiger charge is 2.17. The summed E-state index contributed by atoms with van der Waals surface area (Å²) in [6, 6.07) is 12.3. The lowest BCUT2D eigenvalue weighted by Gasteiger charge is -2.05. The van der Waals surface area contributed by atoms with Gasteiger partial charge >= 0.3 is 16.0 Å². The average Bonchev–Trinajstić information content (AvgIpc) is 2.55. The van der Waals surface area contributed by atoms with Crippen molar-refractivity contribution in [2.75, 3.05) is 5.32 Å². The van der Waals surface area contributed by atoms with E-state index in [0.29, 0.717) is 0 Å². The molecule has 134 valence electrons. The van der Waals surface area contributed by atoms with Gasteiger partial charge < -0.3 is 0 Å². The molecule has 0 saturated carbocycles. The second-order valence-corrected chi connectivity index (χ2v) is 7.79. The van der Waals surface area contributed by atoms with E-state index in [-0.39, 0.29) is 16.8 Å². The fourth-order valence-electron chi connectivity index (χ4n) is 2.52. The van der Waals surface area contributed by atoms with Gasteiger partial charge in [0.2, 0.25) is 0 Å². The summed E-state index contributed by atoms with van der Waals surface area (Å²) in [5.41, 5.74) is 9.42. The third-order valence-corrected chi connectivity index (χ3v) is 5.25. The predicted molar refractivity (Wildman–Crippen MR) is 101 cm³/mol. The molecule has 0 unspecified atom stereocenters. The molecule has 1 heterocycles. The number of nitrogens with one attached hydrogen (secondary N) is 2. The second kappa shape index (κ2) is 6.72. The summed E-state index contributed by atoms with van der Waals surface area (Å²) in [6.07, 6.45) is 0. The van der Waals surface area contributed by atoms with E-state index in [1.54, 1.807) is 12.1 Å². The molecule has 0 bridgehead atoms. The van der Waals surface area contributed by atoms with Crippen molar-refractivity contribution in [1.82, 2.24) is 9.97 Å². The molecule has 0 saturated heterocycles. The van der Waals surface area contributed by atoms with Crippen molar-refractivity contribution in [3.05, 3.63) is 59.3 Å². The van der Waals surface area contributed by atoms with Gasteiger partial charge in [-0.25, -0.2) is 10.3 Å². The van der Waals surface area contributed by atoms with Crippen molar-refractivity contribution in [2.45, 2.75) is 25.7 Å². The van der Waals surface area contributed by atoms with Crippen molar-refractivity contribution in [2.24, 2.45) is 5.73 Å². The van der Waals surface area contributed by atoms with Crippen LogP contribution in [-0.2, 0) is 10.0 Å². The summed E-state index contributed by atoms with van der Waals surface area (Å²) < 4.78 is 27.0. The lowest BCUT2D eigenvalue weighted by atomic mass is 10.1. The molecule has 2 aromatic carbocycles. The zero-order valence-electron chi connectivity index (χ0n) is 14.7. The van der Waals surface area contributed by atoms with Crippen LogP contribution in [0.5, 0.6) is 0 Å². The largest absolute Gasteiger partial charge is 0.363 e. The molecule has 8 heteroatoms. The molecular formula is C18H20N5O2S+. The number of sulfonamides is 1. The molecule has 0 aliphatic carbocycles. The second-order valence-electron chi connectivity index (χ2n) is 6.11. The van der Waals surface area contributed by atoms with E-state index >= 15 is 0 Å². The van der Waals surface area contributed by atoms with E-state index in [1.165, 1.54) is 12.1 Å². The van der Waals surface area contributed by atoms with Gasteiger partial charge in [0.05, 0.1) is 11.2 Å². The van der Waals surface area contributed by atoms with Gasteiger partial charge in [0.25, 0.3) is 5.95 Å². The van der Waals surface area contributed by atoms with Gasteiger partial charge in [-0.15, -0.1) is 0 Å². The highest BCUT2D eigenvalue weighted by Crippen LogP contribution is 2.18. The number of hydrogen-bond donors (Lipinski definition) is 3. The van der Waals surface area contributed by atoms with E-state index in [9.17, 15) is 8.42 Å². The van der Waals surface area contributed by atoms with Gasteiger partial charge in [0.15, 0.2) is 0 Å². The van der Waals surface area contributed by atoms with Crippen molar-refractivity contribution < 1.29 is 12.8 Å². The first-order chi connectivity index (χ1) is 12.2. The first-order valence-corrected chi connectivity index (χ1v) is 9.47. The molecule has 7 nitrogen and oxygen atoms in total. The highest BCUT2D eigenvalue weighted by atomic mass is 32.2. The molecule has 0 radical (unpaired) electrons. The van der Waals surface area contributed by atoms with Crippen LogP contribution in [-0.4, -0.2) is 24.3 Å². The molecule has 0 aliphatic heterocycles. The standard InChI is InChI=1S/C18H19N5O2S/c1-11-4-7-14(8-5-11)26(24,25)23-17(19)22-18-20-13(3)15-10-12(2)6-9-16(15)21-18/h4-10H,1-3H3,(H3,19,20,21,22,23)/p+1. The first-order valence-electron chi connectivity index (χ1n) is 7.98. The molecule has 0 spiro atoms. The topological polar surface area (TPSA) is 112 Å². The Hall–Kier alpha value is -3.00. The molecule has 3 rings (SSSR count). The third kappa shape index (κ3) is 3.80. The van der Waals surface area contributed by atoms with E-state index in [4.69, 9.17) is 5.73 Å². The molecule has 4 N–H and O–H groups in total. The fourth-order valence-corrected chi connectivity index (χ4v) is 3.47. The van der Waals surface area contributed by atoms with Crippen molar-refractivity contribution in [3.63, 3.8) is 0 Å². The number of rotatable bonds is 3. The van der Waals surface area contributed by atoms with Crippen molar-refractivity contribution in [3.8, 4) is 0 Å². The Balaban J connectivity index is 1.90. The average molecular weight is 370 g/mol. The highest BCUT2D eigenvalue weighted by molar-refractivity contribution is 7.84. The number of hydrogen-bond acceptors (Lipinski definition) is 4. The minimum atomic E-state index is -3.78. The zero-order valence-corrected chi connectivity index (χ0v) is 15.6. The summed E-state index contributed by atoms with van der Waals surface area (Å²) >= 11 is 0. The Bertz CT molecular complexity index is 1110. The van der Waals surface area contributed by atoms with Gasteiger partial charge in [-0.1, -0.05) is 29.3 Å². The molecular weight excluding hydrogens is 350 g/mol. The summed E-state index contributed by atoms with van der Waals surface area (Å²) in [5.74, 6) is 0.0550. The van der Waals surface area contributed by atoms with Crippen LogP contribution in [0.4, 0.5) is 5.95 Å². The monoisotopic (exact) mass is 370 g/mol. The van der Waals surface area contributed by atoms with Crippen LogP contribution in [0.2, 0.25) is 0 Å². The molecule has 0 aliphatic rings. The molecule has 0 atom stereocenters. The van der Waals surface area contributed by atoms with E-state index in [2.05, 4.69) is 19.7 Å². The van der Waals surface area contributed by atoms with E-state index in [1.807, 2.05) is 39.0 Å². The number of aryl methyl sites for hydroxylation is 3. The summed E-state index contributed by atoms with van der Waals surface area (Å²) in [5, 5.41) is 3.65. The fraction of sp³-hybridized carbons (Fsp3) is 0.167. The van der Waals surface area contributed by atoms with Crippen molar-refractivity contribution in [1.29, 1.82) is 0 Å². The third-order valence-electron chi connectivity index (χ3n) is 3.86.